The SMILES string of the molecule is O=C1CC2CCNC(=O)C3(COC3)N3CCN(CC3)Cc3cccc(c3)Nc3cc(ccn3)-c3cnc(nc3)N2C1. The molecular weight excluding hydrogens is 520 g/mol. The fourth-order valence-electron chi connectivity index (χ4n) is 6.30. The second-order valence-electron chi connectivity index (χ2n) is 11.4. The van der Waals surface area contributed by atoms with E-state index in [9.17, 15) is 9.59 Å². The molecule has 3 fully saturated rings. The first-order chi connectivity index (χ1) is 20.1. The topological polar surface area (TPSA) is 116 Å². The lowest BCUT2D eigenvalue weighted by Gasteiger charge is -2.50. The van der Waals surface area contributed by atoms with E-state index in [0.717, 1.165) is 55.4 Å². The molecule has 7 aliphatic heterocycles. The molecule has 0 radical (unpaired) electrons. The predicted octanol–water partition coefficient (Wildman–Crippen LogP) is 1.84. The number of benzene rings is 1. The van der Waals surface area contributed by atoms with E-state index in [2.05, 4.69) is 53.6 Å². The van der Waals surface area contributed by atoms with Crippen molar-refractivity contribution in [3.8, 4) is 11.1 Å². The Morgan fingerprint density at radius 2 is 1.76 bits per heavy atom. The van der Waals surface area contributed by atoms with Crippen molar-refractivity contribution >= 4 is 29.1 Å². The van der Waals surface area contributed by atoms with Crippen LogP contribution in [-0.4, -0.2) is 101 Å². The summed E-state index contributed by atoms with van der Waals surface area (Å²) in [7, 11) is 0. The molecule has 1 aromatic carbocycles. The fraction of sp³-hybridized carbons (Fsp3) is 0.433. The first-order valence-corrected chi connectivity index (χ1v) is 14.3. The lowest BCUT2D eigenvalue weighted by molar-refractivity contribution is -0.174. The minimum Gasteiger partial charge on any atom is -0.376 e. The molecular formula is C30H34N8O3. The van der Waals surface area contributed by atoms with Crippen LogP contribution in [0.15, 0.2) is 55.0 Å². The molecule has 1 amide bonds. The summed E-state index contributed by atoms with van der Waals surface area (Å²) in [4.78, 5) is 46.4. The number of nitrogens with zero attached hydrogens (tertiary/aromatic N) is 6. The van der Waals surface area contributed by atoms with Gasteiger partial charge in [0.2, 0.25) is 11.9 Å². The monoisotopic (exact) mass is 554 g/mol. The van der Waals surface area contributed by atoms with E-state index in [0.29, 0.717) is 38.5 Å². The van der Waals surface area contributed by atoms with Gasteiger partial charge in [-0.1, -0.05) is 12.1 Å². The maximum Gasteiger partial charge on any atom is 0.245 e. The molecule has 2 N–H and O–H groups in total. The Hall–Kier alpha value is -3.93. The third-order valence-electron chi connectivity index (χ3n) is 8.69. The minimum atomic E-state index is -0.615. The zero-order valence-corrected chi connectivity index (χ0v) is 23.0. The molecule has 11 nitrogen and oxygen atoms in total. The van der Waals surface area contributed by atoms with Crippen molar-refractivity contribution in [3.05, 3.63) is 60.6 Å². The van der Waals surface area contributed by atoms with E-state index in [1.165, 1.54) is 5.56 Å². The van der Waals surface area contributed by atoms with Gasteiger partial charge < -0.3 is 20.3 Å². The van der Waals surface area contributed by atoms with Gasteiger partial charge in [0, 0.05) is 81.6 Å². The van der Waals surface area contributed by atoms with Crippen molar-refractivity contribution in [2.45, 2.75) is 31.0 Å². The summed E-state index contributed by atoms with van der Waals surface area (Å²) in [5.41, 5.74) is 3.40. The molecule has 2 aromatic heterocycles. The Bertz CT molecular complexity index is 1440. The van der Waals surface area contributed by atoms with Gasteiger partial charge in [0.15, 0.2) is 5.78 Å². The largest absolute Gasteiger partial charge is 0.376 e. The fourth-order valence-corrected chi connectivity index (χ4v) is 6.30. The summed E-state index contributed by atoms with van der Waals surface area (Å²) < 4.78 is 5.57. The van der Waals surface area contributed by atoms with Gasteiger partial charge in [0.05, 0.1) is 19.8 Å². The van der Waals surface area contributed by atoms with Gasteiger partial charge in [0.25, 0.3) is 0 Å². The van der Waals surface area contributed by atoms with Gasteiger partial charge in [-0.2, -0.15) is 0 Å². The van der Waals surface area contributed by atoms with E-state index in [1.54, 1.807) is 18.6 Å². The van der Waals surface area contributed by atoms with Crippen molar-refractivity contribution in [3.63, 3.8) is 0 Å². The van der Waals surface area contributed by atoms with Crippen molar-refractivity contribution in [2.24, 2.45) is 0 Å². The van der Waals surface area contributed by atoms with Crippen LogP contribution in [0, 0.1) is 0 Å². The van der Waals surface area contributed by atoms with Crippen LogP contribution in [0.25, 0.3) is 11.1 Å². The Morgan fingerprint density at radius 3 is 2.54 bits per heavy atom. The summed E-state index contributed by atoms with van der Waals surface area (Å²) in [6, 6.07) is 12.3. The number of carbonyl (C=O) groups is 2. The van der Waals surface area contributed by atoms with Gasteiger partial charge in [-0.3, -0.25) is 19.4 Å². The molecule has 1 unspecified atom stereocenters. The Kier molecular flexibility index (Phi) is 6.85. The molecule has 9 heterocycles. The highest BCUT2D eigenvalue weighted by molar-refractivity contribution is 5.88. The average molecular weight is 555 g/mol. The van der Waals surface area contributed by atoms with Crippen LogP contribution in [0.1, 0.15) is 18.4 Å². The van der Waals surface area contributed by atoms with E-state index in [-0.39, 0.29) is 24.3 Å². The zero-order valence-electron chi connectivity index (χ0n) is 23.0. The summed E-state index contributed by atoms with van der Waals surface area (Å²) in [5.74, 6) is 1.44. The summed E-state index contributed by atoms with van der Waals surface area (Å²) >= 11 is 0. The highest BCUT2D eigenvalue weighted by Gasteiger charge is 2.51. The molecule has 1 spiro atoms. The second kappa shape index (κ2) is 10.8. The number of anilines is 3. The summed E-state index contributed by atoms with van der Waals surface area (Å²) in [6.07, 6.45) is 6.43. The smallest absolute Gasteiger partial charge is 0.245 e. The minimum absolute atomic E-state index is 0.0150. The molecule has 212 valence electrons. The normalized spacial score (nSPS) is 25.8. The molecule has 8 bridgehead atoms. The van der Waals surface area contributed by atoms with Crippen LogP contribution < -0.4 is 15.5 Å². The number of ether oxygens (including phenoxy) is 1. The molecule has 3 saturated heterocycles. The molecule has 41 heavy (non-hydrogen) atoms. The summed E-state index contributed by atoms with van der Waals surface area (Å²) in [5, 5.41) is 6.61. The first-order valence-electron chi connectivity index (χ1n) is 14.3. The average Bonchev–Trinajstić information content (AvgIpc) is 3.33. The first kappa shape index (κ1) is 26.0. The lowest BCUT2D eigenvalue weighted by Crippen LogP contribution is -2.72. The molecule has 0 saturated carbocycles. The maximum atomic E-state index is 13.5. The molecule has 11 heteroatoms. The van der Waals surface area contributed by atoms with Gasteiger partial charge >= 0.3 is 0 Å². The number of ketones is 1. The highest BCUT2D eigenvalue weighted by atomic mass is 16.5. The quantitative estimate of drug-likeness (QED) is 0.427. The van der Waals surface area contributed by atoms with Crippen molar-refractivity contribution in [1.29, 1.82) is 0 Å². The van der Waals surface area contributed by atoms with Crippen molar-refractivity contribution in [1.82, 2.24) is 30.1 Å². The standard InChI is InChI=1S/C30H34N8O3/c39-26-14-25-5-7-32-28(40)30(19-41-20-30)37-10-8-36(9-11-37)17-21-2-1-3-24(12-21)35-27-13-22(4-6-31-27)23-15-33-29(34-16-23)38(25)18-26/h1-4,6,12-13,15-16,25H,5,7-11,14,17-20H2,(H,31,35)(H,32,40). The molecule has 10 rings (SSSR count). The third kappa shape index (κ3) is 5.16. The van der Waals surface area contributed by atoms with Crippen LogP contribution in [0.2, 0.25) is 0 Å². The van der Waals surface area contributed by atoms with Crippen LogP contribution in [0.4, 0.5) is 17.5 Å². The third-order valence-corrected chi connectivity index (χ3v) is 8.69. The number of nitrogens with one attached hydrogen (secondary N) is 2. The number of piperazine rings is 1. The zero-order chi connectivity index (χ0) is 27.8. The second-order valence-corrected chi connectivity index (χ2v) is 11.4. The van der Waals surface area contributed by atoms with Crippen LogP contribution in [0.3, 0.4) is 0 Å². The Morgan fingerprint density at radius 1 is 0.927 bits per heavy atom. The number of Topliss-reactive ketones (excluding diaryl/α,β-unsaturated/α-hetero) is 1. The number of hydrogen-bond donors (Lipinski definition) is 2. The molecule has 7 aliphatic rings. The van der Waals surface area contributed by atoms with Crippen molar-refractivity contribution in [2.75, 3.05) is 62.7 Å². The molecule has 1 atom stereocenters. The summed E-state index contributed by atoms with van der Waals surface area (Å²) in [6.45, 7) is 5.81. The maximum absolute atomic E-state index is 13.5. The van der Waals surface area contributed by atoms with Crippen LogP contribution >= 0.6 is 0 Å². The Balaban J connectivity index is 1.18. The van der Waals surface area contributed by atoms with Gasteiger partial charge in [-0.15, -0.1) is 0 Å². The number of hydrogen-bond acceptors (Lipinski definition) is 10. The van der Waals surface area contributed by atoms with Crippen molar-refractivity contribution < 1.29 is 14.3 Å². The lowest BCUT2D eigenvalue weighted by atomic mass is 9.92. The van der Waals surface area contributed by atoms with Crippen LogP contribution in [0.5, 0.6) is 0 Å². The number of carbonyl (C=O) groups excluding carboxylic acids is 2. The molecule has 0 aliphatic carbocycles. The number of aromatic nitrogens is 3. The van der Waals surface area contributed by atoms with E-state index < -0.39 is 5.54 Å². The van der Waals surface area contributed by atoms with E-state index in [1.807, 2.05) is 23.1 Å². The highest BCUT2D eigenvalue weighted by Crippen LogP contribution is 2.29. The number of amides is 1. The van der Waals surface area contributed by atoms with Crippen LogP contribution in [-0.2, 0) is 20.9 Å². The van der Waals surface area contributed by atoms with E-state index >= 15 is 0 Å². The molecule has 3 aromatic rings. The number of pyridine rings is 1. The van der Waals surface area contributed by atoms with Gasteiger partial charge in [-0.25, -0.2) is 15.0 Å². The Labute approximate surface area is 238 Å². The van der Waals surface area contributed by atoms with E-state index in [4.69, 9.17) is 4.74 Å². The van der Waals surface area contributed by atoms with Gasteiger partial charge in [-0.05, 0) is 41.8 Å². The predicted molar refractivity (Wildman–Crippen MR) is 154 cm³/mol. The van der Waals surface area contributed by atoms with Gasteiger partial charge in [0.1, 0.15) is 11.4 Å². The number of rotatable bonds is 0.